The second kappa shape index (κ2) is 9.98. The lowest BCUT2D eigenvalue weighted by atomic mass is 9.92. The van der Waals surface area contributed by atoms with Crippen LogP contribution in [0.4, 0.5) is 20.4 Å². The summed E-state index contributed by atoms with van der Waals surface area (Å²) in [7, 11) is 0. The molecule has 1 fully saturated rings. The number of likely N-dealkylation sites (tertiary alicyclic amines) is 1. The minimum Gasteiger partial charge on any atom is -0.382 e. The number of piperidine rings is 1. The summed E-state index contributed by atoms with van der Waals surface area (Å²) in [4.78, 5) is 27.8. The summed E-state index contributed by atoms with van der Waals surface area (Å²) in [5.41, 5.74) is 8.83. The van der Waals surface area contributed by atoms with Crippen molar-refractivity contribution in [2.45, 2.75) is 38.2 Å². The SMILES string of the molecule is CCN1C[C@@H](c2nc(-c3ccc(C(=O)Nc4ccccn4)cc3)c3c(N)nccn23)CC[C@@H]1C(F)F. The molecule has 3 aromatic heterocycles. The minimum absolute atomic E-state index is 0.0218. The Morgan fingerprint density at radius 1 is 1.14 bits per heavy atom. The van der Waals surface area contributed by atoms with E-state index in [1.807, 2.05) is 34.6 Å². The van der Waals surface area contributed by atoms with Crippen LogP contribution in [-0.4, -0.2) is 55.7 Å². The molecule has 0 radical (unpaired) electrons. The normalized spacial score (nSPS) is 18.6. The Kier molecular flexibility index (Phi) is 6.60. The van der Waals surface area contributed by atoms with E-state index in [4.69, 9.17) is 10.7 Å². The van der Waals surface area contributed by atoms with Crippen molar-refractivity contribution in [3.63, 3.8) is 0 Å². The maximum absolute atomic E-state index is 13.5. The van der Waals surface area contributed by atoms with Crippen molar-refractivity contribution < 1.29 is 13.6 Å². The molecule has 1 amide bonds. The third kappa shape index (κ3) is 4.51. The van der Waals surface area contributed by atoms with Gasteiger partial charge in [-0.1, -0.05) is 25.1 Å². The fourth-order valence-corrected chi connectivity index (χ4v) is 4.90. The molecule has 1 aliphatic heterocycles. The van der Waals surface area contributed by atoms with Crippen molar-refractivity contribution in [2.75, 3.05) is 24.1 Å². The zero-order valence-corrected chi connectivity index (χ0v) is 19.8. The van der Waals surface area contributed by atoms with E-state index in [9.17, 15) is 13.6 Å². The average Bonchev–Trinajstić information content (AvgIpc) is 3.30. The smallest absolute Gasteiger partial charge is 0.256 e. The van der Waals surface area contributed by atoms with Gasteiger partial charge in [0.05, 0.1) is 6.04 Å². The van der Waals surface area contributed by atoms with Gasteiger partial charge in [0.15, 0.2) is 0 Å². The number of aromatic nitrogens is 4. The number of amides is 1. The summed E-state index contributed by atoms with van der Waals surface area (Å²) < 4.78 is 28.9. The van der Waals surface area contributed by atoms with Gasteiger partial charge in [-0.15, -0.1) is 0 Å². The molecule has 1 saturated heterocycles. The Morgan fingerprint density at radius 3 is 2.64 bits per heavy atom. The number of nitrogen functional groups attached to an aromatic ring is 1. The standard InChI is InChI=1S/C26H27F2N7O/c1-2-34-15-18(10-11-19(34)23(27)28)25-33-21(22-24(29)31-13-14-35(22)25)16-6-8-17(9-7-16)26(36)32-20-5-3-4-12-30-20/h3-9,12-14,18-19,23H,2,10-11,15H2,1H3,(H2,29,31)(H,30,32,36)/t18-,19+/m0/s1. The van der Waals surface area contributed by atoms with Crippen LogP contribution in [-0.2, 0) is 0 Å². The largest absolute Gasteiger partial charge is 0.382 e. The van der Waals surface area contributed by atoms with Gasteiger partial charge < -0.3 is 11.1 Å². The van der Waals surface area contributed by atoms with Crippen molar-refractivity contribution in [2.24, 2.45) is 0 Å². The quantitative estimate of drug-likeness (QED) is 0.413. The predicted molar refractivity (Wildman–Crippen MR) is 134 cm³/mol. The third-order valence-corrected chi connectivity index (χ3v) is 6.73. The second-order valence-corrected chi connectivity index (χ2v) is 8.86. The summed E-state index contributed by atoms with van der Waals surface area (Å²) in [6.07, 6.45) is 3.68. The van der Waals surface area contributed by atoms with Gasteiger partial charge >= 0.3 is 0 Å². The highest BCUT2D eigenvalue weighted by atomic mass is 19.3. The lowest BCUT2D eigenvalue weighted by Gasteiger charge is -2.38. The summed E-state index contributed by atoms with van der Waals surface area (Å²) in [5.74, 6) is 1.28. The minimum atomic E-state index is -2.37. The van der Waals surface area contributed by atoms with Crippen molar-refractivity contribution in [3.8, 4) is 11.3 Å². The number of carbonyl (C=O) groups excluding carboxylic acids is 1. The molecule has 3 N–H and O–H groups in total. The Morgan fingerprint density at radius 2 is 1.94 bits per heavy atom. The first kappa shape index (κ1) is 23.8. The summed E-state index contributed by atoms with van der Waals surface area (Å²) in [5, 5.41) is 2.77. The van der Waals surface area contributed by atoms with Crippen LogP contribution in [0.25, 0.3) is 16.8 Å². The summed E-state index contributed by atoms with van der Waals surface area (Å²) in [6, 6.07) is 11.6. The van der Waals surface area contributed by atoms with E-state index in [1.54, 1.807) is 42.7 Å². The number of nitrogens with one attached hydrogen (secondary N) is 1. The van der Waals surface area contributed by atoms with Crippen LogP contribution in [0.15, 0.2) is 61.1 Å². The van der Waals surface area contributed by atoms with Crippen LogP contribution in [0.5, 0.6) is 0 Å². The number of likely N-dealkylation sites (N-methyl/N-ethyl adjacent to an activating group) is 1. The van der Waals surface area contributed by atoms with E-state index in [0.717, 1.165) is 11.4 Å². The molecule has 1 aliphatic rings. The van der Waals surface area contributed by atoms with E-state index in [-0.39, 0.29) is 11.8 Å². The molecule has 2 atom stereocenters. The van der Waals surface area contributed by atoms with Gasteiger partial charge in [-0.25, -0.2) is 23.7 Å². The summed E-state index contributed by atoms with van der Waals surface area (Å²) in [6.45, 7) is 2.95. The molecule has 0 bridgehead atoms. The second-order valence-electron chi connectivity index (χ2n) is 8.86. The van der Waals surface area contributed by atoms with Crippen molar-refractivity contribution in [1.82, 2.24) is 24.3 Å². The zero-order chi connectivity index (χ0) is 25.2. The van der Waals surface area contributed by atoms with Crippen LogP contribution < -0.4 is 11.1 Å². The van der Waals surface area contributed by atoms with Gasteiger partial charge in [-0.05, 0) is 43.7 Å². The molecule has 4 heterocycles. The lowest BCUT2D eigenvalue weighted by molar-refractivity contribution is 0.000792. The number of imidazole rings is 1. The maximum atomic E-state index is 13.5. The predicted octanol–water partition coefficient (Wildman–Crippen LogP) is 4.46. The number of carbonyl (C=O) groups is 1. The molecule has 186 valence electrons. The van der Waals surface area contributed by atoms with Gasteiger partial charge in [0.1, 0.15) is 28.7 Å². The van der Waals surface area contributed by atoms with Gasteiger partial charge in [0.25, 0.3) is 12.3 Å². The van der Waals surface area contributed by atoms with Crippen LogP contribution in [0, 0.1) is 0 Å². The molecule has 36 heavy (non-hydrogen) atoms. The highest BCUT2D eigenvalue weighted by molar-refractivity contribution is 6.04. The number of pyridine rings is 1. The van der Waals surface area contributed by atoms with Gasteiger partial charge in [0.2, 0.25) is 0 Å². The average molecular weight is 492 g/mol. The number of nitrogens with two attached hydrogens (primary N) is 1. The van der Waals surface area contributed by atoms with Crippen LogP contribution in [0.2, 0.25) is 0 Å². The lowest BCUT2D eigenvalue weighted by Crippen LogP contribution is -2.46. The number of benzene rings is 1. The Bertz CT molecular complexity index is 1360. The van der Waals surface area contributed by atoms with Crippen molar-refractivity contribution >= 4 is 23.1 Å². The Balaban J connectivity index is 1.46. The molecule has 5 rings (SSSR count). The van der Waals surface area contributed by atoms with E-state index < -0.39 is 12.5 Å². The summed E-state index contributed by atoms with van der Waals surface area (Å²) >= 11 is 0. The molecule has 8 nitrogen and oxygen atoms in total. The number of hydrogen-bond acceptors (Lipinski definition) is 6. The fraction of sp³-hybridized carbons (Fsp3) is 0.308. The highest BCUT2D eigenvalue weighted by Crippen LogP contribution is 2.36. The number of hydrogen-bond donors (Lipinski definition) is 2. The molecule has 10 heteroatoms. The van der Waals surface area contributed by atoms with E-state index in [1.165, 1.54) is 0 Å². The molecule has 0 saturated carbocycles. The molecule has 0 aliphatic carbocycles. The van der Waals surface area contributed by atoms with E-state index in [0.29, 0.717) is 54.3 Å². The Hall–Kier alpha value is -3.92. The monoisotopic (exact) mass is 491 g/mol. The van der Waals surface area contributed by atoms with Crippen molar-refractivity contribution in [1.29, 1.82) is 0 Å². The molecule has 4 aromatic rings. The molecular formula is C26H27F2N7O. The molecule has 1 aromatic carbocycles. The Labute approximate surface area is 207 Å². The van der Waals surface area contributed by atoms with Gasteiger partial charge in [-0.2, -0.15) is 0 Å². The zero-order valence-electron chi connectivity index (χ0n) is 19.8. The maximum Gasteiger partial charge on any atom is 0.256 e. The topological polar surface area (TPSA) is 101 Å². The van der Waals surface area contributed by atoms with E-state index >= 15 is 0 Å². The highest BCUT2D eigenvalue weighted by Gasteiger charge is 2.35. The molecular weight excluding hydrogens is 464 g/mol. The molecule has 0 unspecified atom stereocenters. The van der Waals surface area contributed by atoms with E-state index in [2.05, 4.69) is 15.3 Å². The number of fused-ring (bicyclic) bond motifs is 1. The number of halogens is 2. The first-order chi connectivity index (χ1) is 17.5. The fourth-order valence-electron chi connectivity index (χ4n) is 4.90. The van der Waals surface area contributed by atoms with Gasteiger partial charge in [0, 0.05) is 42.2 Å². The first-order valence-corrected chi connectivity index (χ1v) is 11.9. The van der Waals surface area contributed by atoms with Crippen molar-refractivity contribution in [3.05, 3.63) is 72.4 Å². The number of alkyl halides is 2. The first-order valence-electron chi connectivity index (χ1n) is 11.9. The number of anilines is 2. The third-order valence-electron chi connectivity index (χ3n) is 6.73. The number of rotatable bonds is 6. The number of nitrogens with zero attached hydrogens (tertiary/aromatic N) is 5. The van der Waals surface area contributed by atoms with Crippen LogP contribution in [0.1, 0.15) is 41.9 Å². The van der Waals surface area contributed by atoms with Crippen LogP contribution in [0.3, 0.4) is 0 Å². The molecule has 0 spiro atoms. The van der Waals surface area contributed by atoms with Gasteiger partial charge in [-0.3, -0.25) is 14.1 Å². The van der Waals surface area contributed by atoms with Crippen LogP contribution >= 0.6 is 0 Å².